The Kier molecular flexibility index (Phi) is 4.39. The third-order valence-corrected chi connectivity index (χ3v) is 7.41. The molecule has 25 heavy (non-hydrogen) atoms. The summed E-state index contributed by atoms with van der Waals surface area (Å²) in [5.74, 6) is -1.94. The van der Waals surface area contributed by atoms with Gasteiger partial charge in [-0.2, -0.15) is 0 Å². The molecule has 0 unspecified atom stereocenters. The van der Waals surface area contributed by atoms with Gasteiger partial charge in [0.2, 0.25) is 0 Å². The molecule has 0 heterocycles. The Morgan fingerprint density at radius 3 is 2.40 bits per heavy atom. The predicted molar refractivity (Wildman–Crippen MR) is 95.5 cm³/mol. The smallest absolute Gasteiger partial charge is 0.312 e. The van der Waals surface area contributed by atoms with Crippen LogP contribution in [0.25, 0.3) is 0 Å². The van der Waals surface area contributed by atoms with Gasteiger partial charge in [0.15, 0.2) is 9.84 Å². The van der Waals surface area contributed by atoms with Gasteiger partial charge in [0, 0.05) is 17.5 Å². The summed E-state index contributed by atoms with van der Waals surface area (Å²) < 4.78 is 26.2. The molecule has 0 saturated heterocycles. The van der Waals surface area contributed by atoms with Crippen LogP contribution >= 0.6 is 11.6 Å². The Morgan fingerprint density at radius 1 is 1.24 bits per heavy atom. The van der Waals surface area contributed by atoms with E-state index in [9.17, 15) is 18.3 Å². The number of benzene rings is 2. The van der Waals surface area contributed by atoms with Crippen LogP contribution in [-0.4, -0.2) is 31.3 Å². The molecule has 7 heteroatoms. The first-order chi connectivity index (χ1) is 11.7. The third-order valence-electron chi connectivity index (χ3n) is 4.88. The number of carbonyl (C=O) groups is 1. The van der Waals surface area contributed by atoms with E-state index in [1.165, 1.54) is 12.1 Å². The van der Waals surface area contributed by atoms with E-state index in [-0.39, 0.29) is 11.4 Å². The average Bonchev–Trinajstić information content (AvgIpc) is 3.27. The zero-order chi connectivity index (χ0) is 18.4. The van der Waals surface area contributed by atoms with Crippen molar-refractivity contribution in [3.05, 3.63) is 64.7 Å². The molecule has 3 N–H and O–H groups in total. The number of hydrogen-bond acceptors (Lipinski definition) is 4. The lowest BCUT2D eigenvalue weighted by molar-refractivity contribution is -0.143. The molecule has 0 radical (unpaired) electrons. The highest BCUT2D eigenvalue weighted by atomic mass is 35.5. The fourth-order valence-electron chi connectivity index (χ4n) is 3.49. The van der Waals surface area contributed by atoms with E-state index in [4.69, 9.17) is 17.3 Å². The highest BCUT2D eigenvalue weighted by Crippen LogP contribution is 2.63. The van der Waals surface area contributed by atoms with Gasteiger partial charge in [0.25, 0.3) is 0 Å². The SMILES string of the molecule is Cc1ccc(S(=O)(=O)[C@@H]2[C@H](c3cccc(Cl)c3)[C@@]2(CN)C(=O)O)cc1. The van der Waals surface area contributed by atoms with Crippen LogP contribution < -0.4 is 5.73 Å². The summed E-state index contributed by atoms with van der Waals surface area (Å²) in [4.78, 5) is 12.1. The number of nitrogens with two attached hydrogens (primary N) is 1. The molecule has 2 aromatic carbocycles. The first-order valence-electron chi connectivity index (χ1n) is 7.74. The molecule has 0 aromatic heterocycles. The van der Waals surface area contributed by atoms with Crippen LogP contribution in [0.5, 0.6) is 0 Å². The fourth-order valence-corrected chi connectivity index (χ4v) is 6.08. The van der Waals surface area contributed by atoms with Gasteiger partial charge in [0.1, 0.15) is 5.41 Å². The topological polar surface area (TPSA) is 97.5 Å². The van der Waals surface area contributed by atoms with Gasteiger partial charge in [-0.1, -0.05) is 41.4 Å². The number of rotatable bonds is 5. The predicted octanol–water partition coefficient (Wildman–Crippen LogP) is 2.62. The second kappa shape index (κ2) is 6.12. The first kappa shape index (κ1) is 17.9. The second-order valence-corrected chi connectivity index (χ2v) is 8.87. The monoisotopic (exact) mass is 379 g/mol. The number of hydrogen-bond donors (Lipinski definition) is 2. The fraction of sp³-hybridized carbons (Fsp3) is 0.278. The molecular formula is C18H18ClNO4S. The number of carboxylic acid groups (broad SMARTS) is 1. The lowest BCUT2D eigenvalue weighted by atomic mass is 9.99. The standard InChI is InChI=1S/C18H18ClNO4S/c1-11-5-7-14(8-6-11)25(23,24)16-15(18(16,10-20)17(21)22)12-3-2-4-13(19)9-12/h2-9,15-16H,10,20H2,1H3,(H,21,22)/t15-,16+,18+/m0/s1. The van der Waals surface area contributed by atoms with Crippen molar-refractivity contribution in [1.82, 2.24) is 0 Å². The minimum Gasteiger partial charge on any atom is -0.481 e. The van der Waals surface area contributed by atoms with E-state index >= 15 is 0 Å². The summed E-state index contributed by atoms with van der Waals surface area (Å²) in [6.07, 6.45) is 0. The largest absolute Gasteiger partial charge is 0.481 e. The van der Waals surface area contributed by atoms with Crippen LogP contribution in [0.15, 0.2) is 53.4 Å². The summed E-state index contributed by atoms with van der Waals surface area (Å²) in [6.45, 7) is 1.58. The van der Waals surface area contributed by atoms with E-state index in [1.54, 1.807) is 36.4 Å². The van der Waals surface area contributed by atoms with Gasteiger partial charge >= 0.3 is 5.97 Å². The quantitative estimate of drug-likeness (QED) is 0.832. The van der Waals surface area contributed by atoms with Crippen molar-refractivity contribution in [2.24, 2.45) is 11.1 Å². The molecule has 1 fully saturated rings. The van der Waals surface area contributed by atoms with Crippen molar-refractivity contribution in [3.8, 4) is 0 Å². The summed E-state index contributed by atoms with van der Waals surface area (Å²) >= 11 is 6.00. The van der Waals surface area contributed by atoms with Gasteiger partial charge in [-0.25, -0.2) is 8.42 Å². The van der Waals surface area contributed by atoms with Crippen LogP contribution in [0.2, 0.25) is 5.02 Å². The van der Waals surface area contributed by atoms with Gasteiger partial charge in [-0.05, 0) is 36.8 Å². The Balaban J connectivity index is 2.12. The molecule has 1 aliphatic carbocycles. The molecule has 0 aliphatic heterocycles. The highest BCUT2D eigenvalue weighted by Gasteiger charge is 2.75. The van der Waals surface area contributed by atoms with Gasteiger partial charge in [-0.15, -0.1) is 0 Å². The van der Waals surface area contributed by atoms with Crippen molar-refractivity contribution in [3.63, 3.8) is 0 Å². The molecule has 0 spiro atoms. The molecule has 3 rings (SSSR count). The zero-order valence-electron chi connectivity index (χ0n) is 13.5. The van der Waals surface area contributed by atoms with Gasteiger partial charge in [0.05, 0.1) is 10.1 Å². The maximum atomic E-state index is 13.1. The Morgan fingerprint density at radius 2 is 1.88 bits per heavy atom. The lowest BCUT2D eigenvalue weighted by Crippen LogP contribution is -2.31. The normalized spacial score (nSPS) is 25.6. The zero-order valence-corrected chi connectivity index (χ0v) is 15.1. The van der Waals surface area contributed by atoms with E-state index in [0.29, 0.717) is 10.6 Å². The van der Waals surface area contributed by atoms with Crippen LogP contribution in [0.1, 0.15) is 17.0 Å². The van der Waals surface area contributed by atoms with Crippen LogP contribution in [0.3, 0.4) is 0 Å². The molecule has 0 amide bonds. The summed E-state index contributed by atoms with van der Waals surface area (Å²) in [5.41, 5.74) is 5.69. The summed E-state index contributed by atoms with van der Waals surface area (Å²) in [5, 5.41) is 9.05. The Labute approximate surface area is 151 Å². The van der Waals surface area contributed by atoms with Gasteiger partial charge < -0.3 is 10.8 Å². The molecular weight excluding hydrogens is 362 g/mol. The highest BCUT2D eigenvalue weighted by molar-refractivity contribution is 7.92. The van der Waals surface area contributed by atoms with Crippen molar-refractivity contribution in [1.29, 1.82) is 0 Å². The van der Waals surface area contributed by atoms with E-state index in [2.05, 4.69) is 0 Å². The number of halogens is 1. The maximum Gasteiger partial charge on any atom is 0.312 e. The number of aliphatic carboxylic acids is 1. The Hall–Kier alpha value is -1.89. The minimum atomic E-state index is -3.86. The lowest BCUT2D eigenvalue weighted by Gasteiger charge is -2.10. The molecule has 3 atom stereocenters. The van der Waals surface area contributed by atoms with Gasteiger partial charge in [-0.3, -0.25) is 4.79 Å². The Bertz CT molecular complexity index is 926. The first-order valence-corrected chi connectivity index (χ1v) is 9.67. The summed E-state index contributed by atoms with van der Waals surface area (Å²) in [7, 11) is -3.86. The number of aryl methyl sites for hydroxylation is 1. The van der Waals surface area contributed by atoms with Crippen LogP contribution in [-0.2, 0) is 14.6 Å². The minimum absolute atomic E-state index is 0.103. The number of sulfone groups is 1. The average molecular weight is 380 g/mol. The maximum absolute atomic E-state index is 13.1. The number of carboxylic acids is 1. The van der Waals surface area contributed by atoms with Crippen molar-refractivity contribution >= 4 is 27.4 Å². The third kappa shape index (κ3) is 2.74. The van der Waals surface area contributed by atoms with E-state index < -0.39 is 32.4 Å². The van der Waals surface area contributed by atoms with Crippen molar-refractivity contribution in [2.75, 3.05) is 6.54 Å². The second-order valence-electron chi connectivity index (χ2n) is 6.36. The van der Waals surface area contributed by atoms with Crippen LogP contribution in [0, 0.1) is 12.3 Å². The van der Waals surface area contributed by atoms with Crippen molar-refractivity contribution < 1.29 is 18.3 Å². The summed E-state index contributed by atoms with van der Waals surface area (Å²) in [6, 6.07) is 13.0. The molecule has 132 valence electrons. The van der Waals surface area contributed by atoms with Crippen molar-refractivity contribution in [2.45, 2.75) is 23.0 Å². The molecule has 2 aromatic rings. The molecule has 0 bridgehead atoms. The van der Waals surface area contributed by atoms with E-state index in [0.717, 1.165) is 5.56 Å². The molecule has 5 nitrogen and oxygen atoms in total. The van der Waals surface area contributed by atoms with Crippen LogP contribution in [0.4, 0.5) is 0 Å². The molecule has 1 aliphatic rings. The van der Waals surface area contributed by atoms with E-state index in [1.807, 2.05) is 6.92 Å². The molecule has 1 saturated carbocycles.